The molecule has 2 N–H and O–H groups in total. The van der Waals surface area contributed by atoms with Gasteiger partial charge in [-0.15, -0.1) is 0 Å². The van der Waals surface area contributed by atoms with Crippen LogP contribution in [0.1, 0.15) is 50.9 Å². The van der Waals surface area contributed by atoms with Gasteiger partial charge in [0, 0.05) is 5.56 Å². The summed E-state index contributed by atoms with van der Waals surface area (Å²) in [4.78, 5) is 23.3. The van der Waals surface area contributed by atoms with E-state index in [1.165, 1.54) is 13.8 Å². The van der Waals surface area contributed by atoms with E-state index in [9.17, 15) is 9.59 Å². The van der Waals surface area contributed by atoms with Gasteiger partial charge in [-0.25, -0.2) is 4.79 Å². The zero-order chi connectivity index (χ0) is 17.5. The molecule has 23 heavy (non-hydrogen) atoms. The summed E-state index contributed by atoms with van der Waals surface area (Å²) in [6.07, 6.45) is 1.95. The third kappa shape index (κ3) is 5.47. The molecular formula is C17H25NO5. The maximum absolute atomic E-state index is 12.2. The highest BCUT2D eigenvalue weighted by atomic mass is 16.5. The maximum Gasteiger partial charge on any atom is 0.328 e. The molecular weight excluding hydrogens is 298 g/mol. The number of rotatable bonds is 9. The predicted molar refractivity (Wildman–Crippen MR) is 87.2 cm³/mol. The fourth-order valence-electron chi connectivity index (χ4n) is 1.77. The summed E-state index contributed by atoms with van der Waals surface area (Å²) in [6, 6.07) is 4.83. The van der Waals surface area contributed by atoms with Crippen LogP contribution >= 0.6 is 0 Å². The first-order valence-corrected chi connectivity index (χ1v) is 7.77. The zero-order valence-corrected chi connectivity index (χ0v) is 14.1. The Balaban J connectivity index is 2.93. The second-order valence-electron chi connectivity index (χ2n) is 5.68. The highest BCUT2D eigenvalue weighted by molar-refractivity contribution is 5.98. The number of carboxylic acids is 1. The van der Waals surface area contributed by atoms with E-state index in [-0.39, 0.29) is 0 Å². The predicted octanol–water partition coefficient (Wildman–Crippen LogP) is 2.86. The number of ether oxygens (including phenoxy) is 2. The molecule has 1 rings (SSSR count). The Labute approximate surface area is 136 Å². The molecule has 0 heterocycles. The number of benzene rings is 1. The fourth-order valence-corrected chi connectivity index (χ4v) is 1.77. The molecule has 128 valence electrons. The standard InChI is InChI=1S/C17H25NO5/c1-5-7-10-23-13-9-8-12(11-14(13)22-6-2)15(19)18-17(3,4)16(20)21/h8-9,11H,5-7,10H2,1-4H3,(H,18,19)(H,20,21). The van der Waals surface area contributed by atoms with Crippen molar-refractivity contribution in [3.05, 3.63) is 23.8 Å². The first-order valence-electron chi connectivity index (χ1n) is 7.77. The summed E-state index contributed by atoms with van der Waals surface area (Å²) in [5, 5.41) is 11.6. The molecule has 0 atom stereocenters. The van der Waals surface area contributed by atoms with Crippen LogP contribution in [0.2, 0.25) is 0 Å². The van der Waals surface area contributed by atoms with Gasteiger partial charge in [0.2, 0.25) is 0 Å². The van der Waals surface area contributed by atoms with Gasteiger partial charge in [0.25, 0.3) is 5.91 Å². The van der Waals surface area contributed by atoms with Crippen molar-refractivity contribution in [3.8, 4) is 11.5 Å². The van der Waals surface area contributed by atoms with E-state index in [0.29, 0.717) is 30.3 Å². The molecule has 0 aliphatic rings. The molecule has 0 aliphatic heterocycles. The minimum absolute atomic E-state index is 0.325. The van der Waals surface area contributed by atoms with Gasteiger partial charge in [-0.05, 0) is 45.4 Å². The van der Waals surface area contributed by atoms with Crippen LogP contribution in [0, 0.1) is 0 Å². The van der Waals surface area contributed by atoms with Gasteiger partial charge >= 0.3 is 5.97 Å². The molecule has 0 saturated carbocycles. The van der Waals surface area contributed by atoms with Crippen LogP contribution < -0.4 is 14.8 Å². The van der Waals surface area contributed by atoms with Crippen molar-refractivity contribution in [3.63, 3.8) is 0 Å². The van der Waals surface area contributed by atoms with Gasteiger partial charge in [0.15, 0.2) is 11.5 Å². The van der Waals surface area contributed by atoms with Crippen molar-refractivity contribution >= 4 is 11.9 Å². The summed E-state index contributed by atoms with van der Waals surface area (Å²) in [6.45, 7) is 7.79. The van der Waals surface area contributed by atoms with E-state index < -0.39 is 17.4 Å². The topological polar surface area (TPSA) is 84.9 Å². The molecule has 0 radical (unpaired) electrons. The molecule has 0 fully saturated rings. The first kappa shape index (κ1) is 18.8. The zero-order valence-electron chi connectivity index (χ0n) is 14.1. The molecule has 0 unspecified atom stereocenters. The SMILES string of the molecule is CCCCOc1ccc(C(=O)NC(C)(C)C(=O)O)cc1OCC. The third-order valence-electron chi connectivity index (χ3n) is 3.22. The average molecular weight is 323 g/mol. The summed E-state index contributed by atoms with van der Waals surface area (Å²) in [5.41, 5.74) is -1.02. The molecule has 0 aliphatic carbocycles. The van der Waals surface area contributed by atoms with Gasteiger partial charge in [-0.1, -0.05) is 13.3 Å². The van der Waals surface area contributed by atoms with E-state index in [0.717, 1.165) is 12.8 Å². The van der Waals surface area contributed by atoms with Gasteiger partial charge < -0.3 is 19.9 Å². The van der Waals surface area contributed by atoms with Crippen LogP contribution in [-0.2, 0) is 4.79 Å². The maximum atomic E-state index is 12.2. The Hall–Kier alpha value is -2.24. The molecule has 0 saturated heterocycles. The van der Waals surface area contributed by atoms with Crippen molar-refractivity contribution in [2.24, 2.45) is 0 Å². The summed E-state index contributed by atoms with van der Waals surface area (Å²) in [5.74, 6) is -0.521. The molecule has 6 heteroatoms. The molecule has 1 aromatic carbocycles. The molecule has 1 aromatic rings. The van der Waals surface area contributed by atoms with Gasteiger partial charge in [0.1, 0.15) is 5.54 Å². The van der Waals surface area contributed by atoms with Crippen LogP contribution in [0.3, 0.4) is 0 Å². The number of unbranched alkanes of at least 4 members (excludes halogenated alkanes) is 1. The number of carboxylic acid groups (broad SMARTS) is 1. The minimum atomic E-state index is -1.35. The Bertz CT molecular complexity index is 554. The van der Waals surface area contributed by atoms with Crippen molar-refractivity contribution in [2.75, 3.05) is 13.2 Å². The second kappa shape index (κ2) is 8.41. The third-order valence-corrected chi connectivity index (χ3v) is 3.22. The lowest BCUT2D eigenvalue weighted by molar-refractivity contribution is -0.143. The Morgan fingerprint density at radius 3 is 2.43 bits per heavy atom. The quantitative estimate of drug-likeness (QED) is 0.683. The molecule has 6 nitrogen and oxygen atoms in total. The van der Waals surface area contributed by atoms with Crippen LogP contribution in [-0.4, -0.2) is 35.7 Å². The average Bonchev–Trinajstić information content (AvgIpc) is 2.48. The largest absolute Gasteiger partial charge is 0.490 e. The highest BCUT2D eigenvalue weighted by Crippen LogP contribution is 2.29. The van der Waals surface area contributed by atoms with Crippen LogP contribution in [0.15, 0.2) is 18.2 Å². The van der Waals surface area contributed by atoms with Crippen LogP contribution in [0.5, 0.6) is 11.5 Å². The number of amides is 1. The van der Waals surface area contributed by atoms with E-state index in [1.807, 2.05) is 6.92 Å². The smallest absolute Gasteiger partial charge is 0.328 e. The first-order chi connectivity index (χ1) is 10.8. The van der Waals surface area contributed by atoms with Gasteiger partial charge in [-0.2, -0.15) is 0 Å². The molecule has 0 bridgehead atoms. The number of aliphatic carboxylic acids is 1. The lowest BCUT2D eigenvalue weighted by Crippen LogP contribution is -2.49. The molecule has 1 amide bonds. The fraction of sp³-hybridized carbons (Fsp3) is 0.529. The summed E-state index contributed by atoms with van der Waals surface area (Å²) < 4.78 is 11.2. The number of carbonyl (C=O) groups excluding carboxylic acids is 1. The lowest BCUT2D eigenvalue weighted by atomic mass is 10.1. The van der Waals surface area contributed by atoms with Crippen molar-refractivity contribution in [1.82, 2.24) is 5.32 Å². The van der Waals surface area contributed by atoms with Gasteiger partial charge in [0.05, 0.1) is 13.2 Å². The van der Waals surface area contributed by atoms with E-state index >= 15 is 0 Å². The highest BCUT2D eigenvalue weighted by Gasteiger charge is 2.29. The Kier molecular flexibility index (Phi) is 6.88. The van der Waals surface area contributed by atoms with E-state index in [1.54, 1.807) is 18.2 Å². The number of hydrogen-bond donors (Lipinski definition) is 2. The Morgan fingerprint density at radius 1 is 1.17 bits per heavy atom. The second-order valence-corrected chi connectivity index (χ2v) is 5.68. The van der Waals surface area contributed by atoms with E-state index in [2.05, 4.69) is 12.2 Å². The molecule has 0 aromatic heterocycles. The number of hydrogen-bond acceptors (Lipinski definition) is 4. The van der Waals surface area contributed by atoms with E-state index in [4.69, 9.17) is 14.6 Å². The lowest BCUT2D eigenvalue weighted by Gasteiger charge is -2.21. The monoisotopic (exact) mass is 323 g/mol. The van der Waals surface area contributed by atoms with Crippen LogP contribution in [0.25, 0.3) is 0 Å². The van der Waals surface area contributed by atoms with Crippen molar-refractivity contribution in [2.45, 2.75) is 46.1 Å². The summed E-state index contributed by atoms with van der Waals surface area (Å²) in [7, 11) is 0. The Morgan fingerprint density at radius 2 is 1.87 bits per heavy atom. The summed E-state index contributed by atoms with van der Waals surface area (Å²) >= 11 is 0. The number of carbonyl (C=O) groups is 2. The normalized spacial score (nSPS) is 11.0. The molecule has 0 spiro atoms. The van der Waals surface area contributed by atoms with Crippen molar-refractivity contribution in [1.29, 1.82) is 0 Å². The minimum Gasteiger partial charge on any atom is -0.490 e. The van der Waals surface area contributed by atoms with Crippen molar-refractivity contribution < 1.29 is 24.2 Å². The van der Waals surface area contributed by atoms with Crippen LogP contribution in [0.4, 0.5) is 0 Å². The number of nitrogens with one attached hydrogen (secondary N) is 1. The van der Waals surface area contributed by atoms with Gasteiger partial charge in [-0.3, -0.25) is 4.79 Å².